The average molecular weight is 382 g/mol. The lowest BCUT2D eigenvalue weighted by Crippen LogP contribution is -2.48. The van der Waals surface area contributed by atoms with Crippen LogP contribution in [0.2, 0.25) is 0 Å². The number of aromatic nitrogens is 1. The van der Waals surface area contributed by atoms with E-state index in [0.29, 0.717) is 24.1 Å². The third-order valence-electron chi connectivity index (χ3n) is 5.80. The maximum Gasteiger partial charge on any atom is 0.410 e. The summed E-state index contributed by atoms with van der Waals surface area (Å²) in [6.45, 7) is 1.95. The molecule has 2 aliphatic heterocycles. The molecule has 146 valence electrons. The normalized spacial score (nSPS) is 23.5. The van der Waals surface area contributed by atoms with Crippen molar-refractivity contribution in [3.63, 3.8) is 0 Å². The SMILES string of the molecule is Cc1cc(F)cnc1C(=O)C1CC2CCC(C1)N2C(=O)OCc1ccccc1. The van der Waals surface area contributed by atoms with E-state index >= 15 is 0 Å². The minimum atomic E-state index is -0.440. The number of benzene rings is 1. The van der Waals surface area contributed by atoms with Crippen LogP contribution in [-0.4, -0.2) is 33.8 Å². The van der Waals surface area contributed by atoms with Crippen LogP contribution in [0.25, 0.3) is 0 Å². The number of nitrogens with zero attached hydrogens (tertiary/aromatic N) is 2. The molecule has 0 aliphatic carbocycles. The number of aryl methyl sites for hydroxylation is 1. The van der Waals surface area contributed by atoms with Gasteiger partial charge in [-0.3, -0.25) is 4.79 Å². The second-order valence-electron chi connectivity index (χ2n) is 7.68. The smallest absolute Gasteiger partial charge is 0.410 e. The second-order valence-corrected chi connectivity index (χ2v) is 7.68. The molecule has 0 radical (unpaired) electrons. The molecule has 28 heavy (non-hydrogen) atoms. The molecule has 2 bridgehead atoms. The number of amides is 1. The van der Waals surface area contributed by atoms with E-state index < -0.39 is 5.82 Å². The summed E-state index contributed by atoms with van der Waals surface area (Å²) in [5.74, 6) is -0.677. The van der Waals surface area contributed by atoms with Crippen LogP contribution in [0.3, 0.4) is 0 Å². The van der Waals surface area contributed by atoms with Gasteiger partial charge in [-0.15, -0.1) is 0 Å². The molecule has 5 nitrogen and oxygen atoms in total. The molecule has 4 rings (SSSR count). The zero-order chi connectivity index (χ0) is 19.7. The van der Waals surface area contributed by atoms with E-state index in [1.54, 1.807) is 6.92 Å². The van der Waals surface area contributed by atoms with Crippen molar-refractivity contribution in [3.8, 4) is 0 Å². The van der Waals surface area contributed by atoms with Crippen LogP contribution in [0.5, 0.6) is 0 Å². The number of piperidine rings is 1. The monoisotopic (exact) mass is 382 g/mol. The highest BCUT2D eigenvalue weighted by atomic mass is 19.1. The third-order valence-corrected chi connectivity index (χ3v) is 5.80. The fourth-order valence-corrected chi connectivity index (χ4v) is 4.47. The van der Waals surface area contributed by atoms with E-state index in [0.717, 1.165) is 24.6 Å². The van der Waals surface area contributed by atoms with Crippen LogP contribution < -0.4 is 0 Å². The Balaban J connectivity index is 1.41. The third kappa shape index (κ3) is 3.63. The number of pyridine rings is 1. The maximum atomic E-state index is 13.3. The van der Waals surface area contributed by atoms with Crippen LogP contribution in [0.4, 0.5) is 9.18 Å². The van der Waals surface area contributed by atoms with Gasteiger partial charge in [0.05, 0.1) is 6.20 Å². The first-order valence-corrected chi connectivity index (χ1v) is 9.68. The van der Waals surface area contributed by atoms with E-state index in [9.17, 15) is 14.0 Å². The van der Waals surface area contributed by atoms with Crippen LogP contribution in [-0.2, 0) is 11.3 Å². The van der Waals surface area contributed by atoms with Crippen molar-refractivity contribution in [2.24, 2.45) is 5.92 Å². The van der Waals surface area contributed by atoms with Gasteiger partial charge in [0.15, 0.2) is 5.78 Å². The highest BCUT2D eigenvalue weighted by molar-refractivity contribution is 5.97. The molecule has 1 aromatic heterocycles. The van der Waals surface area contributed by atoms with E-state index in [1.165, 1.54) is 6.07 Å². The lowest BCUT2D eigenvalue weighted by atomic mass is 9.85. The van der Waals surface area contributed by atoms with Gasteiger partial charge in [-0.25, -0.2) is 14.2 Å². The molecule has 3 heterocycles. The van der Waals surface area contributed by atoms with Gasteiger partial charge in [0, 0.05) is 18.0 Å². The Morgan fingerprint density at radius 1 is 1.18 bits per heavy atom. The molecule has 0 N–H and O–H groups in total. The number of fused-ring (bicyclic) bond motifs is 2. The van der Waals surface area contributed by atoms with Gasteiger partial charge in [-0.1, -0.05) is 30.3 Å². The largest absolute Gasteiger partial charge is 0.445 e. The molecule has 1 aromatic carbocycles. The number of rotatable bonds is 4. The fourth-order valence-electron chi connectivity index (χ4n) is 4.47. The van der Waals surface area contributed by atoms with E-state index in [4.69, 9.17) is 4.74 Å². The molecule has 2 aliphatic rings. The quantitative estimate of drug-likeness (QED) is 0.740. The number of hydrogen-bond donors (Lipinski definition) is 0. The Kier molecular flexibility index (Phi) is 5.11. The molecule has 2 saturated heterocycles. The average Bonchev–Trinajstić information content (AvgIpc) is 2.96. The summed E-state index contributed by atoms with van der Waals surface area (Å²) in [4.78, 5) is 31.4. The predicted octanol–water partition coefficient (Wildman–Crippen LogP) is 4.29. The second kappa shape index (κ2) is 7.70. The van der Waals surface area contributed by atoms with E-state index in [2.05, 4.69) is 4.98 Å². The summed E-state index contributed by atoms with van der Waals surface area (Å²) >= 11 is 0. The fraction of sp³-hybridized carbons (Fsp3) is 0.409. The highest BCUT2D eigenvalue weighted by Gasteiger charge is 2.46. The minimum Gasteiger partial charge on any atom is -0.445 e. The van der Waals surface area contributed by atoms with Crippen LogP contribution in [0, 0.1) is 18.7 Å². The van der Waals surface area contributed by atoms with Crippen LogP contribution >= 0.6 is 0 Å². The van der Waals surface area contributed by atoms with Crippen molar-refractivity contribution in [2.45, 2.75) is 51.3 Å². The topological polar surface area (TPSA) is 59.5 Å². The summed E-state index contributed by atoms with van der Waals surface area (Å²) in [5, 5.41) is 0. The zero-order valence-corrected chi connectivity index (χ0v) is 15.8. The van der Waals surface area contributed by atoms with Crippen molar-refractivity contribution in [1.82, 2.24) is 9.88 Å². The lowest BCUT2D eigenvalue weighted by molar-refractivity contribution is 0.0483. The predicted molar refractivity (Wildman–Crippen MR) is 101 cm³/mol. The summed E-state index contributed by atoms with van der Waals surface area (Å²) in [5.41, 5.74) is 1.85. The summed E-state index contributed by atoms with van der Waals surface area (Å²) in [7, 11) is 0. The Morgan fingerprint density at radius 2 is 1.86 bits per heavy atom. The molecule has 2 unspecified atom stereocenters. The Hall–Kier alpha value is -2.76. The number of ether oxygens (including phenoxy) is 1. The van der Waals surface area contributed by atoms with Crippen LogP contribution in [0.1, 0.15) is 47.3 Å². The summed E-state index contributed by atoms with van der Waals surface area (Å²) < 4.78 is 18.8. The maximum absolute atomic E-state index is 13.3. The molecule has 0 spiro atoms. The molecule has 2 fully saturated rings. The number of carbonyl (C=O) groups is 2. The summed E-state index contributed by atoms with van der Waals surface area (Å²) in [6, 6.07) is 10.9. The van der Waals surface area contributed by atoms with Gasteiger partial charge in [0.1, 0.15) is 18.1 Å². The van der Waals surface area contributed by atoms with Crippen molar-refractivity contribution in [3.05, 3.63) is 65.2 Å². The van der Waals surface area contributed by atoms with Crippen molar-refractivity contribution in [1.29, 1.82) is 0 Å². The van der Waals surface area contributed by atoms with E-state index in [-0.39, 0.29) is 36.5 Å². The first kappa shape index (κ1) is 18.6. The standard InChI is InChI=1S/C22H23FN2O3/c1-14-9-17(23)12-24-20(14)21(26)16-10-18-7-8-19(11-16)25(18)22(27)28-13-15-5-3-2-4-6-15/h2-6,9,12,16,18-19H,7-8,10-11,13H2,1H3. The lowest BCUT2D eigenvalue weighted by Gasteiger charge is -2.37. The van der Waals surface area contributed by atoms with Crippen molar-refractivity contribution >= 4 is 11.9 Å². The highest BCUT2D eigenvalue weighted by Crippen LogP contribution is 2.40. The van der Waals surface area contributed by atoms with Crippen molar-refractivity contribution < 1.29 is 18.7 Å². The molecule has 0 saturated carbocycles. The van der Waals surface area contributed by atoms with Gasteiger partial charge in [-0.2, -0.15) is 0 Å². The number of ketones is 1. The van der Waals surface area contributed by atoms with Gasteiger partial charge in [-0.05, 0) is 49.8 Å². The number of halogens is 1. The molecule has 6 heteroatoms. The summed E-state index contributed by atoms with van der Waals surface area (Å²) in [6.07, 6.45) is 3.75. The molecule has 2 atom stereocenters. The van der Waals surface area contributed by atoms with Crippen LogP contribution in [0.15, 0.2) is 42.6 Å². The van der Waals surface area contributed by atoms with Crippen molar-refractivity contribution in [2.75, 3.05) is 0 Å². The van der Waals surface area contributed by atoms with Gasteiger partial charge >= 0.3 is 6.09 Å². The Bertz CT molecular complexity index is 873. The number of Topliss-reactive ketones (excluding diaryl/α,β-unsaturated/α-hetero) is 1. The Morgan fingerprint density at radius 3 is 2.50 bits per heavy atom. The molecule has 1 amide bonds. The Labute approximate surface area is 163 Å². The molecular weight excluding hydrogens is 359 g/mol. The number of hydrogen-bond acceptors (Lipinski definition) is 4. The zero-order valence-electron chi connectivity index (χ0n) is 15.8. The molecule has 2 aromatic rings. The van der Waals surface area contributed by atoms with E-state index in [1.807, 2.05) is 35.2 Å². The van der Waals surface area contributed by atoms with Gasteiger partial charge in [0.2, 0.25) is 0 Å². The van der Waals surface area contributed by atoms with Gasteiger partial charge in [0.25, 0.3) is 0 Å². The first-order valence-electron chi connectivity index (χ1n) is 9.68. The first-order chi connectivity index (χ1) is 13.5. The van der Waals surface area contributed by atoms with Gasteiger partial charge < -0.3 is 9.64 Å². The molecular formula is C22H23FN2O3. The minimum absolute atomic E-state index is 0.0109. The number of carbonyl (C=O) groups excluding carboxylic acids is 2.